The summed E-state index contributed by atoms with van der Waals surface area (Å²) in [6, 6.07) is 6.06. The summed E-state index contributed by atoms with van der Waals surface area (Å²) in [5.74, 6) is -0.0582. The third-order valence-electron chi connectivity index (χ3n) is 4.33. The minimum absolute atomic E-state index is 0.192. The molecule has 0 bridgehead atoms. The van der Waals surface area contributed by atoms with Crippen molar-refractivity contribution in [3.05, 3.63) is 48.3 Å². The monoisotopic (exact) mass is 407 g/mol. The van der Waals surface area contributed by atoms with E-state index in [0.29, 0.717) is 35.5 Å². The standard InChI is InChI=1S/C17H19FN5O4P/c18-13-3-1-2-12(8-13)14-4-6-26-28(24,27-14)11-25-7-5-23-10-22-15-16(19)20-9-21-17(15)23/h1-3,8-10,14H,4-7,11H2,(H2,19,20,21). The lowest BCUT2D eigenvalue weighted by Crippen LogP contribution is -2.17. The molecule has 28 heavy (non-hydrogen) atoms. The SMILES string of the molecule is Nc1ncnc2c1ncn2CCOCP1(=O)OCCC(c2cccc(F)c2)O1. The van der Waals surface area contributed by atoms with Gasteiger partial charge in [-0.2, -0.15) is 0 Å². The van der Waals surface area contributed by atoms with Crippen LogP contribution in [-0.2, 0) is 24.9 Å². The van der Waals surface area contributed by atoms with Gasteiger partial charge in [0, 0.05) is 13.0 Å². The van der Waals surface area contributed by atoms with Crippen molar-refractivity contribution in [2.24, 2.45) is 0 Å². The van der Waals surface area contributed by atoms with Crippen LogP contribution in [-0.4, -0.2) is 39.1 Å². The number of nitrogen functional groups attached to an aromatic ring is 1. The van der Waals surface area contributed by atoms with E-state index in [1.54, 1.807) is 23.0 Å². The van der Waals surface area contributed by atoms with Gasteiger partial charge in [0.1, 0.15) is 24.0 Å². The van der Waals surface area contributed by atoms with Crippen LogP contribution in [0.5, 0.6) is 0 Å². The molecule has 2 N–H and O–H groups in total. The summed E-state index contributed by atoms with van der Waals surface area (Å²) in [5.41, 5.74) is 7.51. The Balaban J connectivity index is 1.33. The molecular formula is C17H19FN5O4P. The number of nitrogens with two attached hydrogens (primary N) is 1. The first-order valence-corrected chi connectivity index (χ1v) is 10.4. The molecule has 1 aliphatic heterocycles. The van der Waals surface area contributed by atoms with E-state index in [1.165, 1.54) is 18.5 Å². The molecule has 0 spiro atoms. The summed E-state index contributed by atoms with van der Waals surface area (Å²) in [6.45, 7) is 0.932. The molecule has 2 unspecified atom stereocenters. The fraction of sp³-hybridized carbons (Fsp3) is 0.353. The van der Waals surface area contributed by atoms with Gasteiger partial charge < -0.3 is 19.6 Å². The van der Waals surface area contributed by atoms with Crippen LogP contribution in [0.3, 0.4) is 0 Å². The van der Waals surface area contributed by atoms with Crippen molar-refractivity contribution < 1.29 is 22.7 Å². The van der Waals surface area contributed by atoms with Gasteiger partial charge in [0.2, 0.25) is 0 Å². The molecule has 1 aliphatic rings. The average Bonchev–Trinajstić information content (AvgIpc) is 3.10. The zero-order valence-electron chi connectivity index (χ0n) is 14.9. The summed E-state index contributed by atoms with van der Waals surface area (Å²) in [6.07, 6.45) is 2.77. The van der Waals surface area contributed by atoms with Crippen molar-refractivity contribution in [1.29, 1.82) is 0 Å². The number of hydrogen-bond acceptors (Lipinski definition) is 8. The number of halogens is 1. The molecule has 11 heteroatoms. The van der Waals surface area contributed by atoms with Crippen molar-refractivity contribution in [3.8, 4) is 0 Å². The van der Waals surface area contributed by atoms with Gasteiger partial charge in [-0.1, -0.05) is 12.1 Å². The van der Waals surface area contributed by atoms with Gasteiger partial charge in [-0.15, -0.1) is 0 Å². The van der Waals surface area contributed by atoms with E-state index in [1.807, 2.05) is 0 Å². The van der Waals surface area contributed by atoms with Crippen molar-refractivity contribution in [2.45, 2.75) is 19.1 Å². The predicted molar refractivity (Wildman–Crippen MR) is 99.0 cm³/mol. The van der Waals surface area contributed by atoms with Crippen molar-refractivity contribution >= 4 is 24.6 Å². The van der Waals surface area contributed by atoms with Gasteiger partial charge in [0.25, 0.3) is 0 Å². The molecule has 2 aromatic heterocycles. The Bertz CT molecular complexity index is 1030. The largest absolute Gasteiger partial charge is 0.382 e. The minimum atomic E-state index is -3.43. The van der Waals surface area contributed by atoms with E-state index >= 15 is 0 Å². The van der Waals surface area contributed by atoms with Crippen LogP contribution >= 0.6 is 7.60 Å². The second kappa shape index (κ2) is 7.92. The summed E-state index contributed by atoms with van der Waals surface area (Å²) in [4.78, 5) is 12.2. The molecule has 4 rings (SSSR count). The van der Waals surface area contributed by atoms with Crippen molar-refractivity contribution in [1.82, 2.24) is 19.5 Å². The van der Waals surface area contributed by atoms with Crippen LogP contribution < -0.4 is 5.73 Å². The number of fused-ring (bicyclic) bond motifs is 1. The van der Waals surface area contributed by atoms with Gasteiger partial charge >= 0.3 is 7.60 Å². The highest BCUT2D eigenvalue weighted by atomic mass is 31.2. The first-order chi connectivity index (χ1) is 13.5. The summed E-state index contributed by atoms with van der Waals surface area (Å²) in [5, 5.41) is 0. The van der Waals surface area contributed by atoms with E-state index in [2.05, 4.69) is 15.0 Å². The molecule has 0 aliphatic carbocycles. The van der Waals surface area contributed by atoms with Crippen LogP contribution in [0.1, 0.15) is 18.1 Å². The molecule has 1 aromatic carbocycles. The summed E-state index contributed by atoms with van der Waals surface area (Å²) in [7, 11) is -3.43. The number of imidazole rings is 1. The number of rotatable bonds is 6. The normalized spacial score (nSPS) is 22.5. The number of hydrogen-bond donors (Lipinski definition) is 1. The van der Waals surface area contributed by atoms with Gasteiger partial charge in [0.15, 0.2) is 11.5 Å². The molecule has 0 amide bonds. The quantitative estimate of drug-likeness (QED) is 0.490. The first kappa shape index (κ1) is 18.9. The second-order valence-corrected chi connectivity index (χ2v) is 8.24. The zero-order chi connectivity index (χ0) is 19.6. The maximum atomic E-state index is 13.4. The van der Waals surface area contributed by atoms with Crippen LogP contribution in [0.15, 0.2) is 36.9 Å². The van der Waals surface area contributed by atoms with E-state index in [0.717, 1.165) is 0 Å². The molecule has 1 saturated heterocycles. The fourth-order valence-corrected chi connectivity index (χ4v) is 4.53. The van der Waals surface area contributed by atoms with E-state index < -0.39 is 13.7 Å². The highest BCUT2D eigenvalue weighted by Crippen LogP contribution is 2.55. The van der Waals surface area contributed by atoms with Crippen molar-refractivity contribution in [2.75, 3.05) is 25.3 Å². The van der Waals surface area contributed by atoms with E-state index in [4.69, 9.17) is 19.5 Å². The van der Waals surface area contributed by atoms with Gasteiger partial charge in [-0.3, -0.25) is 9.09 Å². The van der Waals surface area contributed by atoms with Gasteiger partial charge in [-0.05, 0) is 17.7 Å². The van der Waals surface area contributed by atoms with Crippen LogP contribution in [0.25, 0.3) is 11.2 Å². The lowest BCUT2D eigenvalue weighted by Gasteiger charge is -2.29. The van der Waals surface area contributed by atoms with Crippen molar-refractivity contribution in [3.63, 3.8) is 0 Å². The molecule has 0 saturated carbocycles. The second-order valence-electron chi connectivity index (χ2n) is 6.29. The Morgan fingerprint density at radius 3 is 3.11 bits per heavy atom. The van der Waals surface area contributed by atoms with Gasteiger partial charge in [0.05, 0.1) is 25.6 Å². The number of nitrogens with zero attached hydrogens (tertiary/aromatic N) is 4. The average molecular weight is 407 g/mol. The topological polar surface area (TPSA) is 114 Å². The fourth-order valence-electron chi connectivity index (χ4n) is 2.98. The summed E-state index contributed by atoms with van der Waals surface area (Å²) < 4.78 is 44.5. The zero-order valence-corrected chi connectivity index (χ0v) is 15.8. The predicted octanol–water partition coefficient (Wildman–Crippen LogP) is 2.89. The molecule has 1 fully saturated rings. The lowest BCUT2D eigenvalue weighted by atomic mass is 10.1. The maximum absolute atomic E-state index is 13.4. The summed E-state index contributed by atoms with van der Waals surface area (Å²) >= 11 is 0. The third-order valence-corrected chi connectivity index (χ3v) is 5.98. The molecule has 9 nitrogen and oxygen atoms in total. The Hall–Kier alpha value is -2.39. The first-order valence-electron chi connectivity index (χ1n) is 8.71. The van der Waals surface area contributed by atoms with Gasteiger partial charge in [-0.25, -0.2) is 19.3 Å². The Morgan fingerprint density at radius 1 is 1.36 bits per heavy atom. The number of ether oxygens (including phenoxy) is 1. The molecule has 0 radical (unpaired) electrons. The van der Waals surface area contributed by atoms with E-state index in [9.17, 15) is 8.96 Å². The number of anilines is 1. The molecule has 2 atom stereocenters. The third kappa shape index (κ3) is 4.05. The smallest absolute Gasteiger partial charge is 0.356 e. The Morgan fingerprint density at radius 2 is 2.25 bits per heavy atom. The lowest BCUT2D eigenvalue weighted by molar-refractivity contribution is 0.0562. The Labute approximate surface area is 160 Å². The molecule has 3 heterocycles. The van der Waals surface area contributed by atoms with Crippen LogP contribution in [0, 0.1) is 5.82 Å². The molecular weight excluding hydrogens is 388 g/mol. The highest BCUT2D eigenvalue weighted by Gasteiger charge is 2.34. The Kier molecular flexibility index (Phi) is 5.36. The molecule has 148 valence electrons. The van der Waals surface area contributed by atoms with Crippen LogP contribution in [0.2, 0.25) is 0 Å². The highest BCUT2D eigenvalue weighted by molar-refractivity contribution is 7.53. The minimum Gasteiger partial charge on any atom is -0.382 e. The number of aromatic nitrogens is 4. The van der Waals surface area contributed by atoms with Crippen LogP contribution in [0.4, 0.5) is 10.2 Å². The molecule has 3 aromatic rings. The maximum Gasteiger partial charge on any atom is 0.356 e. The van der Waals surface area contributed by atoms with E-state index in [-0.39, 0.29) is 25.4 Å². The number of benzene rings is 1.